The molecule has 6 nitrogen and oxygen atoms in total. The Labute approximate surface area is 172 Å². The van der Waals surface area contributed by atoms with Crippen molar-refractivity contribution in [3.8, 4) is 0 Å². The van der Waals surface area contributed by atoms with Crippen LogP contribution >= 0.6 is 0 Å². The van der Waals surface area contributed by atoms with E-state index in [4.69, 9.17) is 9.47 Å². The highest BCUT2D eigenvalue weighted by molar-refractivity contribution is 5.91. The lowest BCUT2D eigenvalue weighted by atomic mass is 10.1. The highest BCUT2D eigenvalue weighted by Crippen LogP contribution is 2.13. The van der Waals surface area contributed by atoms with Gasteiger partial charge in [0, 0.05) is 38.4 Å². The van der Waals surface area contributed by atoms with E-state index in [1.165, 1.54) is 0 Å². The summed E-state index contributed by atoms with van der Waals surface area (Å²) < 4.78 is 10.1. The van der Waals surface area contributed by atoms with Gasteiger partial charge in [-0.05, 0) is 48.2 Å². The number of hydrogen-bond donors (Lipinski definition) is 2. The Morgan fingerprint density at radius 2 is 1.03 bits per heavy atom. The van der Waals surface area contributed by atoms with E-state index < -0.39 is 0 Å². The normalized spacial score (nSPS) is 10.6. The zero-order valence-corrected chi connectivity index (χ0v) is 17.2. The third-order valence-corrected chi connectivity index (χ3v) is 4.41. The Balaban J connectivity index is 1.58. The Morgan fingerprint density at radius 3 is 1.38 bits per heavy atom. The van der Waals surface area contributed by atoms with Crippen LogP contribution in [0.25, 0.3) is 0 Å². The molecule has 0 atom stereocenters. The number of unbranched alkanes of at least 4 members (excludes halogenated alkanes) is 2. The molecule has 2 N–H and O–H groups in total. The SMILES string of the molecule is COCc1ccc(NC(=O)CCCCCC(=O)Nc2ccc(COC)cc2)cc1. The molecule has 2 rings (SSSR count). The van der Waals surface area contributed by atoms with Crippen LogP contribution in [-0.2, 0) is 32.3 Å². The summed E-state index contributed by atoms with van der Waals surface area (Å²) in [6, 6.07) is 15.2. The molecule has 0 aliphatic rings. The lowest BCUT2D eigenvalue weighted by molar-refractivity contribution is -0.116. The first-order chi connectivity index (χ1) is 14.1. The van der Waals surface area contributed by atoms with E-state index in [2.05, 4.69) is 10.6 Å². The fraction of sp³-hybridized carbons (Fsp3) is 0.391. The molecular formula is C23H30N2O4. The smallest absolute Gasteiger partial charge is 0.224 e. The number of methoxy groups -OCH3 is 2. The average Bonchev–Trinajstić information content (AvgIpc) is 2.71. The molecule has 0 radical (unpaired) electrons. The van der Waals surface area contributed by atoms with Crippen LogP contribution in [0.2, 0.25) is 0 Å². The summed E-state index contributed by atoms with van der Waals surface area (Å²) >= 11 is 0. The van der Waals surface area contributed by atoms with Gasteiger partial charge in [0.15, 0.2) is 0 Å². The van der Waals surface area contributed by atoms with E-state index in [0.717, 1.165) is 41.8 Å². The van der Waals surface area contributed by atoms with Crippen molar-refractivity contribution < 1.29 is 19.1 Å². The molecule has 0 saturated heterocycles. The van der Waals surface area contributed by atoms with Gasteiger partial charge in [0.1, 0.15) is 0 Å². The number of benzene rings is 2. The van der Waals surface area contributed by atoms with Crippen LogP contribution in [0.1, 0.15) is 43.2 Å². The van der Waals surface area contributed by atoms with E-state index in [1.807, 2.05) is 48.5 Å². The summed E-state index contributed by atoms with van der Waals surface area (Å²) in [6.07, 6.45) is 3.24. The molecule has 0 fully saturated rings. The van der Waals surface area contributed by atoms with Crippen LogP contribution in [0.4, 0.5) is 11.4 Å². The first kappa shape index (κ1) is 22.6. The van der Waals surface area contributed by atoms with Gasteiger partial charge in [-0.1, -0.05) is 30.7 Å². The maximum Gasteiger partial charge on any atom is 0.224 e. The van der Waals surface area contributed by atoms with Gasteiger partial charge in [-0.25, -0.2) is 0 Å². The summed E-state index contributed by atoms with van der Waals surface area (Å²) in [6.45, 7) is 1.11. The fourth-order valence-electron chi connectivity index (χ4n) is 2.90. The number of amides is 2. The molecule has 0 heterocycles. The molecule has 0 saturated carbocycles. The predicted molar refractivity (Wildman–Crippen MR) is 115 cm³/mol. The van der Waals surface area contributed by atoms with Gasteiger partial charge in [-0.3, -0.25) is 9.59 Å². The van der Waals surface area contributed by atoms with Crippen LogP contribution in [-0.4, -0.2) is 26.0 Å². The van der Waals surface area contributed by atoms with Crippen LogP contribution in [0.3, 0.4) is 0 Å². The second-order valence-electron chi connectivity index (χ2n) is 6.92. The van der Waals surface area contributed by atoms with E-state index in [0.29, 0.717) is 26.1 Å². The molecule has 29 heavy (non-hydrogen) atoms. The summed E-state index contributed by atoms with van der Waals surface area (Å²) in [4.78, 5) is 24.0. The average molecular weight is 399 g/mol. The molecule has 156 valence electrons. The van der Waals surface area contributed by atoms with Crippen molar-refractivity contribution in [3.05, 3.63) is 59.7 Å². The summed E-state index contributed by atoms with van der Waals surface area (Å²) in [5.41, 5.74) is 3.70. The second-order valence-corrected chi connectivity index (χ2v) is 6.92. The van der Waals surface area contributed by atoms with Crippen molar-refractivity contribution in [1.29, 1.82) is 0 Å². The number of ether oxygens (including phenoxy) is 2. The number of hydrogen-bond acceptors (Lipinski definition) is 4. The highest BCUT2D eigenvalue weighted by atomic mass is 16.5. The molecule has 0 aliphatic carbocycles. The molecule has 2 aromatic rings. The minimum absolute atomic E-state index is 0.00917. The first-order valence-corrected chi connectivity index (χ1v) is 9.86. The topological polar surface area (TPSA) is 76.7 Å². The third kappa shape index (κ3) is 8.89. The molecule has 0 bridgehead atoms. The number of anilines is 2. The first-order valence-electron chi connectivity index (χ1n) is 9.86. The molecule has 6 heteroatoms. The molecular weight excluding hydrogens is 368 g/mol. The molecule has 2 amide bonds. The minimum Gasteiger partial charge on any atom is -0.380 e. The maximum atomic E-state index is 12.0. The minimum atomic E-state index is -0.00917. The second kappa shape index (κ2) is 12.7. The van der Waals surface area contributed by atoms with Crippen LogP contribution in [0, 0.1) is 0 Å². The fourth-order valence-corrected chi connectivity index (χ4v) is 2.90. The van der Waals surface area contributed by atoms with Gasteiger partial charge in [0.05, 0.1) is 13.2 Å². The van der Waals surface area contributed by atoms with Crippen molar-refractivity contribution in [3.63, 3.8) is 0 Å². The Morgan fingerprint density at radius 1 is 0.655 bits per heavy atom. The van der Waals surface area contributed by atoms with Crippen molar-refractivity contribution in [2.24, 2.45) is 0 Å². The zero-order chi connectivity index (χ0) is 20.9. The van der Waals surface area contributed by atoms with Crippen molar-refractivity contribution >= 4 is 23.2 Å². The van der Waals surface area contributed by atoms with Crippen LogP contribution in [0.5, 0.6) is 0 Å². The van der Waals surface area contributed by atoms with Gasteiger partial charge in [0.25, 0.3) is 0 Å². The maximum absolute atomic E-state index is 12.0. The van der Waals surface area contributed by atoms with Gasteiger partial charge in [0.2, 0.25) is 11.8 Å². The van der Waals surface area contributed by atoms with Crippen LogP contribution in [0.15, 0.2) is 48.5 Å². The lowest BCUT2D eigenvalue weighted by Gasteiger charge is -2.07. The zero-order valence-electron chi connectivity index (χ0n) is 17.2. The van der Waals surface area contributed by atoms with E-state index in [1.54, 1.807) is 14.2 Å². The van der Waals surface area contributed by atoms with Gasteiger partial charge < -0.3 is 20.1 Å². The van der Waals surface area contributed by atoms with Crippen molar-refractivity contribution in [2.45, 2.75) is 45.3 Å². The summed E-state index contributed by atoms with van der Waals surface area (Å²) in [5.74, 6) is -0.0183. The monoisotopic (exact) mass is 398 g/mol. The summed E-state index contributed by atoms with van der Waals surface area (Å²) in [7, 11) is 3.31. The largest absolute Gasteiger partial charge is 0.380 e. The number of carbonyl (C=O) groups is 2. The van der Waals surface area contributed by atoms with E-state index in [-0.39, 0.29) is 11.8 Å². The molecule has 2 aromatic carbocycles. The number of rotatable bonds is 12. The quantitative estimate of drug-likeness (QED) is 0.516. The van der Waals surface area contributed by atoms with Crippen molar-refractivity contribution in [2.75, 3.05) is 24.9 Å². The predicted octanol–water partition coefficient (Wildman–Crippen LogP) is 4.51. The third-order valence-electron chi connectivity index (χ3n) is 4.41. The van der Waals surface area contributed by atoms with E-state index in [9.17, 15) is 9.59 Å². The van der Waals surface area contributed by atoms with Crippen molar-refractivity contribution in [1.82, 2.24) is 0 Å². The van der Waals surface area contributed by atoms with Gasteiger partial charge in [-0.15, -0.1) is 0 Å². The van der Waals surface area contributed by atoms with Crippen LogP contribution < -0.4 is 10.6 Å². The van der Waals surface area contributed by atoms with Gasteiger partial charge in [-0.2, -0.15) is 0 Å². The molecule has 0 aromatic heterocycles. The number of nitrogens with one attached hydrogen (secondary N) is 2. The Hall–Kier alpha value is -2.70. The highest BCUT2D eigenvalue weighted by Gasteiger charge is 2.05. The van der Waals surface area contributed by atoms with Gasteiger partial charge >= 0.3 is 0 Å². The lowest BCUT2D eigenvalue weighted by Crippen LogP contribution is -2.12. The molecule has 0 spiro atoms. The summed E-state index contributed by atoms with van der Waals surface area (Å²) in [5, 5.41) is 5.78. The standard InChI is InChI=1S/C23H30N2O4/c1-28-16-18-8-12-20(13-9-18)24-22(26)6-4-3-5-7-23(27)25-21-14-10-19(11-15-21)17-29-2/h8-15H,3-7,16-17H2,1-2H3,(H,24,26)(H,25,27). The molecule has 0 aliphatic heterocycles. The Bertz CT molecular complexity index is 692. The Kier molecular flexibility index (Phi) is 9.89. The van der Waals surface area contributed by atoms with E-state index >= 15 is 0 Å². The number of carbonyl (C=O) groups excluding carboxylic acids is 2. The molecule has 0 unspecified atom stereocenters.